The van der Waals surface area contributed by atoms with Gasteiger partial charge in [0.05, 0.1) is 17.7 Å². The molecule has 5 atom stereocenters. The number of rotatable bonds is 2. The summed E-state index contributed by atoms with van der Waals surface area (Å²) in [4.78, 5) is 2.44. The van der Waals surface area contributed by atoms with E-state index in [-0.39, 0.29) is 55.1 Å². The van der Waals surface area contributed by atoms with Crippen LogP contribution in [0.2, 0.25) is 0 Å². The number of nitrogens with one attached hydrogen (secondary N) is 1. The summed E-state index contributed by atoms with van der Waals surface area (Å²) in [5, 5.41) is 13.4. The van der Waals surface area contributed by atoms with Gasteiger partial charge in [-0.15, -0.1) is 24.8 Å². The molecule has 4 aliphatic rings. The van der Waals surface area contributed by atoms with Crippen LogP contribution in [0, 0.1) is 18.8 Å². The van der Waals surface area contributed by atoms with Crippen molar-refractivity contribution < 1.29 is 19.3 Å². The maximum Gasteiger partial charge on any atom is 0.161 e. The van der Waals surface area contributed by atoms with Gasteiger partial charge in [-0.3, -0.25) is 4.90 Å². The lowest BCUT2D eigenvalue weighted by molar-refractivity contribution is -0.0779. The van der Waals surface area contributed by atoms with Crippen LogP contribution in [0.15, 0.2) is 18.2 Å². The number of likely N-dealkylation sites (tertiary alicyclic amines) is 1. The van der Waals surface area contributed by atoms with Crippen molar-refractivity contribution in [1.29, 1.82) is 0 Å². The minimum atomic E-state index is -0.161. The van der Waals surface area contributed by atoms with E-state index in [1.807, 2.05) is 12.1 Å². The fourth-order valence-electron chi connectivity index (χ4n) is 5.09. The zero-order valence-corrected chi connectivity index (χ0v) is 17.1. The third-order valence-electron chi connectivity index (χ3n) is 6.42. The predicted octanol–water partition coefficient (Wildman–Crippen LogP) is 1.26. The molecule has 0 aliphatic carbocycles. The van der Waals surface area contributed by atoms with Gasteiger partial charge in [0.25, 0.3) is 0 Å². The highest BCUT2D eigenvalue weighted by atomic mass is 35.5. The number of halogens is 2. The lowest BCUT2D eigenvalue weighted by Crippen LogP contribution is -2.53. The van der Waals surface area contributed by atoms with Crippen molar-refractivity contribution in [2.24, 2.45) is 11.8 Å². The van der Waals surface area contributed by atoms with Gasteiger partial charge in [-0.25, -0.2) is 0 Å². The summed E-state index contributed by atoms with van der Waals surface area (Å²) in [6.45, 7) is 7.06. The highest BCUT2D eigenvalue weighted by Crippen LogP contribution is 2.47. The molecule has 2 bridgehead atoms. The normalized spacial score (nSPS) is 37.0. The second-order valence-corrected chi connectivity index (χ2v) is 7.96. The monoisotopic (exact) mass is 418 g/mol. The average molecular weight is 419 g/mol. The highest BCUT2D eigenvalue weighted by Gasteiger charge is 2.61. The van der Waals surface area contributed by atoms with E-state index in [9.17, 15) is 5.11 Å². The Balaban J connectivity index is 0.00000105. The molecule has 0 aromatic heterocycles. The summed E-state index contributed by atoms with van der Waals surface area (Å²) in [5.41, 5.74) is 1.01. The molecule has 6 nitrogen and oxygen atoms in total. The molecule has 2 N–H and O–H groups in total. The Hall–Kier alpha value is -0.760. The number of nitrogens with zero attached hydrogens (tertiary/aromatic N) is 1. The fraction of sp³-hybridized carbons (Fsp3) is 0.684. The smallest absolute Gasteiger partial charge is 0.161 e. The standard InChI is InChI=1S/C19H26N2O4.2ClH/c1-12-2-3-16-17(4-12)24-9-13(8-23-16)21-6-15-14(7-22)18-5-20-10-19(15,11-21)25-18;;/h2-4,13-15,18,20,22H,5-11H2,1H3;2*1H/t13?,14-,15+,18+,19+;;/m0../s1. The van der Waals surface area contributed by atoms with Crippen LogP contribution < -0.4 is 14.8 Å². The van der Waals surface area contributed by atoms with Gasteiger partial charge >= 0.3 is 0 Å². The first kappa shape index (κ1) is 21.0. The van der Waals surface area contributed by atoms with E-state index >= 15 is 0 Å². The first-order valence-corrected chi connectivity index (χ1v) is 9.28. The number of aliphatic hydroxyl groups excluding tert-OH is 1. The molecule has 0 saturated carbocycles. The van der Waals surface area contributed by atoms with Gasteiger partial charge in [0.1, 0.15) is 13.2 Å². The molecule has 152 valence electrons. The van der Waals surface area contributed by atoms with E-state index in [0.29, 0.717) is 19.1 Å². The van der Waals surface area contributed by atoms with E-state index in [1.165, 1.54) is 5.56 Å². The third-order valence-corrected chi connectivity index (χ3v) is 6.42. The molecule has 3 fully saturated rings. The summed E-state index contributed by atoms with van der Waals surface area (Å²) >= 11 is 0. The Labute approximate surface area is 172 Å². The quantitative estimate of drug-likeness (QED) is 0.753. The average Bonchev–Trinajstić information content (AvgIpc) is 2.93. The number of fused-ring (bicyclic) bond motifs is 2. The van der Waals surface area contributed by atoms with Crippen LogP contribution in [0.3, 0.4) is 0 Å². The zero-order valence-electron chi connectivity index (χ0n) is 15.4. The summed E-state index contributed by atoms with van der Waals surface area (Å²) in [6.07, 6.45) is 0.153. The van der Waals surface area contributed by atoms with Gasteiger partial charge in [-0.2, -0.15) is 0 Å². The maximum absolute atomic E-state index is 9.87. The van der Waals surface area contributed by atoms with Crippen molar-refractivity contribution in [3.8, 4) is 11.5 Å². The second-order valence-electron chi connectivity index (χ2n) is 7.96. The number of hydrogen-bond acceptors (Lipinski definition) is 6. The van der Waals surface area contributed by atoms with Crippen LogP contribution in [0.5, 0.6) is 11.5 Å². The Kier molecular flexibility index (Phi) is 6.16. The SMILES string of the molecule is Cc1ccc2c(c1)OCC(N1C[C@@H]3[C@H](CO)[C@H]4CNC[C@]3(C1)O4)CO2.Cl.Cl. The molecule has 8 heteroatoms. The molecule has 4 aliphatic heterocycles. The lowest BCUT2D eigenvalue weighted by atomic mass is 9.83. The van der Waals surface area contributed by atoms with Crippen molar-refractivity contribution >= 4 is 24.8 Å². The Morgan fingerprint density at radius 3 is 2.78 bits per heavy atom. The molecular formula is C19H28Cl2N2O4. The largest absolute Gasteiger partial charge is 0.488 e. The van der Waals surface area contributed by atoms with E-state index in [0.717, 1.165) is 37.7 Å². The van der Waals surface area contributed by atoms with Crippen LogP contribution in [-0.4, -0.2) is 73.8 Å². The maximum atomic E-state index is 9.87. The van der Waals surface area contributed by atoms with Gasteiger partial charge < -0.3 is 24.6 Å². The molecule has 0 radical (unpaired) electrons. The number of benzene rings is 1. The Morgan fingerprint density at radius 2 is 2.00 bits per heavy atom. The molecule has 4 heterocycles. The Morgan fingerprint density at radius 1 is 1.22 bits per heavy atom. The molecule has 5 rings (SSSR count). The molecule has 27 heavy (non-hydrogen) atoms. The summed E-state index contributed by atoms with van der Waals surface area (Å²) in [5.74, 6) is 2.27. The van der Waals surface area contributed by atoms with Crippen molar-refractivity contribution in [1.82, 2.24) is 10.2 Å². The molecular weight excluding hydrogens is 391 g/mol. The number of aliphatic hydroxyl groups is 1. The van der Waals surface area contributed by atoms with Crippen molar-refractivity contribution in [3.05, 3.63) is 23.8 Å². The van der Waals surface area contributed by atoms with Crippen LogP contribution in [0.4, 0.5) is 0 Å². The molecule has 0 amide bonds. The second kappa shape index (κ2) is 7.93. The zero-order chi connectivity index (χ0) is 17.0. The minimum absolute atomic E-state index is 0. The predicted molar refractivity (Wildman–Crippen MR) is 107 cm³/mol. The van der Waals surface area contributed by atoms with Crippen LogP contribution in [-0.2, 0) is 4.74 Å². The molecule has 1 spiro atoms. The Bertz CT molecular complexity index is 679. The van der Waals surface area contributed by atoms with Gasteiger partial charge in [0, 0.05) is 44.6 Å². The van der Waals surface area contributed by atoms with Gasteiger partial charge in [-0.1, -0.05) is 6.07 Å². The highest BCUT2D eigenvalue weighted by molar-refractivity contribution is 5.85. The van der Waals surface area contributed by atoms with Crippen molar-refractivity contribution in [2.75, 3.05) is 46.0 Å². The third kappa shape index (κ3) is 3.41. The summed E-state index contributed by atoms with van der Waals surface area (Å²) in [7, 11) is 0. The molecule has 3 saturated heterocycles. The molecule has 1 unspecified atom stereocenters. The topological polar surface area (TPSA) is 63.2 Å². The van der Waals surface area contributed by atoms with Gasteiger partial charge in [-0.05, 0) is 24.6 Å². The number of morpholine rings is 1. The van der Waals surface area contributed by atoms with Crippen molar-refractivity contribution in [3.63, 3.8) is 0 Å². The summed E-state index contributed by atoms with van der Waals surface area (Å²) in [6, 6.07) is 6.28. The first-order valence-electron chi connectivity index (χ1n) is 9.28. The summed E-state index contributed by atoms with van der Waals surface area (Å²) < 4.78 is 18.5. The van der Waals surface area contributed by atoms with Crippen LogP contribution in [0.1, 0.15) is 5.56 Å². The fourth-order valence-corrected chi connectivity index (χ4v) is 5.09. The van der Waals surface area contributed by atoms with E-state index in [4.69, 9.17) is 14.2 Å². The first-order chi connectivity index (χ1) is 12.2. The number of hydrogen-bond donors (Lipinski definition) is 2. The van der Waals surface area contributed by atoms with E-state index in [2.05, 4.69) is 23.2 Å². The van der Waals surface area contributed by atoms with Crippen molar-refractivity contribution in [2.45, 2.75) is 24.7 Å². The molecule has 1 aromatic rings. The van der Waals surface area contributed by atoms with Gasteiger partial charge in [0.2, 0.25) is 0 Å². The van der Waals surface area contributed by atoms with Crippen LogP contribution >= 0.6 is 24.8 Å². The minimum Gasteiger partial charge on any atom is -0.488 e. The van der Waals surface area contributed by atoms with E-state index < -0.39 is 0 Å². The lowest BCUT2D eigenvalue weighted by Gasteiger charge is -2.35. The number of aryl methyl sites for hydroxylation is 1. The van der Waals surface area contributed by atoms with Gasteiger partial charge in [0.15, 0.2) is 11.5 Å². The van der Waals surface area contributed by atoms with Crippen LogP contribution in [0.25, 0.3) is 0 Å². The molecule has 1 aromatic carbocycles. The number of ether oxygens (including phenoxy) is 3. The van der Waals surface area contributed by atoms with E-state index in [1.54, 1.807) is 0 Å².